The molecule has 0 atom stereocenters. The van der Waals surface area contributed by atoms with Crippen molar-refractivity contribution in [2.24, 2.45) is 0 Å². The molecule has 138 valence electrons. The van der Waals surface area contributed by atoms with Gasteiger partial charge in [0, 0.05) is 18.3 Å². The van der Waals surface area contributed by atoms with E-state index in [2.05, 4.69) is 33.5 Å². The second-order valence-corrected chi connectivity index (χ2v) is 6.77. The normalized spacial score (nSPS) is 12.3. The third-order valence-electron chi connectivity index (χ3n) is 4.94. The molecule has 5 rings (SSSR count). The number of amides is 1. The molecular weight excluding hydrogens is 352 g/mol. The second kappa shape index (κ2) is 6.45. The standard InChI is InChI=1S/C21H18N6O/c1-14-6-2-3-7-17(14)27-20-15(13-23-27)9-11-26-18(20)12-16(25-26)21(28)24-19-8-4-5-10-22-19/h2-8,10,12-13H,9,11H2,1H3,(H,22,24,28). The number of rotatable bonds is 3. The molecule has 0 bridgehead atoms. The minimum absolute atomic E-state index is 0.274. The van der Waals surface area contributed by atoms with Gasteiger partial charge in [-0.1, -0.05) is 24.3 Å². The van der Waals surface area contributed by atoms with Crippen molar-refractivity contribution in [1.82, 2.24) is 24.5 Å². The molecule has 7 nitrogen and oxygen atoms in total. The van der Waals surface area contributed by atoms with E-state index in [1.165, 1.54) is 0 Å². The van der Waals surface area contributed by atoms with Crippen LogP contribution in [0.3, 0.4) is 0 Å². The largest absolute Gasteiger partial charge is 0.305 e. The summed E-state index contributed by atoms with van der Waals surface area (Å²) in [5, 5.41) is 11.9. The van der Waals surface area contributed by atoms with Crippen LogP contribution in [0.2, 0.25) is 0 Å². The summed E-state index contributed by atoms with van der Waals surface area (Å²) >= 11 is 0. The van der Waals surface area contributed by atoms with Crippen molar-refractivity contribution in [2.45, 2.75) is 19.9 Å². The molecule has 1 aliphatic rings. The zero-order valence-corrected chi connectivity index (χ0v) is 15.3. The Labute approximate surface area is 161 Å². The molecule has 1 N–H and O–H groups in total. The van der Waals surface area contributed by atoms with Gasteiger partial charge in [-0.15, -0.1) is 0 Å². The minimum atomic E-state index is -0.274. The Morgan fingerprint density at radius 2 is 2.00 bits per heavy atom. The molecule has 0 spiro atoms. The van der Waals surface area contributed by atoms with E-state index in [-0.39, 0.29) is 5.91 Å². The van der Waals surface area contributed by atoms with Crippen molar-refractivity contribution in [3.63, 3.8) is 0 Å². The van der Waals surface area contributed by atoms with E-state index in [1.54, 1.807) is 18.3 Å². The maximum Gasteiger partial charge on any atom is 0.277 e. The first-order valence-electron chi connectivity index (χ1n) is 9.14. The number of benzene rings is 1. The first-order valence-corrected chi connectivity index (χ1v) is 9.14. The Bertz CT molecular complexity index is 1170. The van der Waals surface area contributed by atoms with Crippen LogP contribution in [-0.2, 0) is 13.0 Å². The van der Waals surface area contributed by atoms with Crippen molar-refractivity contribution < 1.29 is 4.79 Å². The highest BCUT2D eigenvalue weighted by Gasteiger charge is 2.26. The smallest absolute Gasteiger partial charge is 0.277 e. The van der Waals surface area contributed by atoms with Crippen LogP contribution in [0.5, 0.6) is 0 Å². The molecule has 0 aliphatic carbocycles. The van der Waals surface area contributed by atoms with Gasteiger partial charge in [0.15, 0.2) is 5.69 Å². The van der Waals surface area contributed by atoms with Gasteiger partial charge in [0.25, 0.3) is 5.91 Å². The number of fused-ring (bicyclic) bond motifs is 3. The van der Waals surface area contributed by atoms with Crippen molar-refractivity contribution in [1.29, 1.82) is 0 Å². The highest BCUT2D eigenvalue weighted by Crippen LogP contribution is 2.32. The molecule has 4 aromatic rings. The molecule has 0 fully saturated rings. The molecule has 0 saturated carbocycles. The number of hydrogen-bond donors (Lipinski definition) is 1. The number of hydrogen-bond acceptors (Lipinski definition) is 4. The van der Waals surface area contributed by atoms with Gasteiger partial charge in [-0.05, 0) is 43.2 Å². The predicted octanol–water partition coefficient (Wildman–Crippen LogP) is 3.25. The lowest BCUT2D eigenvalue weighted by molar-refractivity contribution is 0.102. The maximum absolute atomic E-state index is 12.6. The molecule has 3 aromatic heterocycles. The van der Waals surface area contributed by atoms with Gasteiger partial charge in [0.2, 0.25) is 0 Å². The van der Waals surface area contributed by atoms with E-state index in [9.17, 15) is 4.79 Å². The van der Waals surface area contributed by atoms with Crippen LogP contribution in [-0.4, -0.2) is 30.5 Å². The summed E-state index contributed by atoms with van der Waals surface area (Å²) in [5.74, 6) is 0.230. The molecule has 4 heterocycles. The van der Waals surface area contributed by atoms with Gasteiger partial charge in [0.1, 0.15) is 5.82 Å². The van der Waals surface area contributed by atoms with E-state index in [0.717, 1.165) is 41.2 Å². The summed E-state index contributed by atoms with van der Waals surface area (Å²) < 4.78 is 3.82. The number of nitrogens with zero attached hydrogens (tertiary/aromatic N) is 5. The zero-order valence-electron chi connectivity index (χ0n) is 15.3. The van der Waals surface area contributed by atoms with Gasteiger partial charge in [0.05, 0.1) is 23.3 Å². The van der Waals surface area contributed by atoms with Crippen molar-refractivity contribution in [3.8, 4) is 17.1 Å². The van der Waals surface area contributed by atoms with Gasteiger partial charge in [-0.2, -0.15) is 10.2 Å². The number of carbonyl (C=O) groups is 1. The minimum Gasteiger partial charge on any atom is -0.305 e. The lowest BCUT2D eigenvalue weighted by Gasteiger charge is -2.17. The third-order valence-corrected chi connectivity index (χ3v) is 4.94. The molecular formula is C21H18N6O. The zero-order chi connectivity index (χ0) is 19.1. The summed E-state index contributed by atoms with van der Waals surface area (Å²) in [5.41, 5.74) is 5.58. The number of aryl methyl sites for hydroxylation is 3. The molecule has 1 amide bonds. The lowest BCUT2D eigenvalue weighted by atomic mass is 10.1. The SMILES string of the molecule is Cc1ccccc1-n1ncc2c1-c1cc(C(=O)Nc3ccccn3)nn1CC2. The third kappa shape index (κ3) is 2.68. The summed E-state index contributed by atoms with van der Waals surface area (Å²) in [7, 11) is 0. The van der Waals surface area contributed by atoms with E-state index >= 15 is 0 Å². The van der Waals surface area contributed by atoms with Crippen LogP contribution in [0.4, 0.5) is 5.82 Å². The van der Waals surface area contributed by atoms with Gasteiger partial charge >= 0.3 is 0 Å². The van der Waals surface area contributed by atoms with Crippen LogP contribution >= 0.6 is 0 Å². The van der Waals surface area contributed by atoms with Crippen molar-refractivity contribution in [3.05, 3.63) is 77.7 Å². The quantitative estimate of drug-likeness (QED) is 0.600. The molecule has 7 heteroatoms. The molecule has 1 aliphatic heterocycles. The molecule has 1 aromatic carbocycles. The summed E-state index contributed by atoms with van der Waals surface area (Å²) in [6.45, 7) is 2.79. The Kier molecular flexibility index (Phi) is 3.79. The highest BCUT2D eigenvalue weighted by molar-refractivity contribution is 6.03. The molecule has 0 unspecified atom stereocenters. The Hall–Kier alpha value is -3.74. The van der Waals surface area contributed by atoms with Gasteiger partial charge in [-0.3, -0.25) is 9.48 Å². The maximum atomic E-state index is 12.6. The fourth-order valence-corrected chi connectivity index (χ4v) is 3.55. The number of carbonyl (C=O) groups excluding carboxylic acids is 1. The average molecular weight is 370 g/mol. The Morgan fingerprint density at radius 1 is 1.14 bits per heavy atom. The number of pyridine rings is 1. The second-order valence-electron chi connectivity index (χ2n) is 6.77. The van der Waals surface area contributed by atoms with Crippen LogP contribution in [0, 0.1) is 6.92 Å². The molecule has 0 radical (unpaired) electrons. The van der Waals surface area contributed by atoms with Gasteiger partial charge in [-0.25, -0.2) is 9.67 Å². The summed E-state index contributed by atoms with van der Waals surface area (Å²) in [6.07, 6.45) is 4.38. The first-order chi connectivity index (χ1) is 13.7. The molecule has 0 saturated heterocycles. The average Bonchev–Trinajstić information content (AvgIpc) is 3.33. The number of para-hydroxylation sites is 1. The van der Waals surface area contributed by atoms with E-state index in [0.29, 0.717) is 11.5 Å². The highest BCUT2D eigenvalue weighted by atomic mass is 16.2. The fourth-order valence-electron chi connectivity index (χ4n) is 3.55. The van der Waals surface area contributed by atoms with Crippen LogP contribution in [0.15, 0.2) is 60.9 Å². The summed E-state index contributed by atoms with van der Waals surface area (Å²) in [4.78, 5) is 16.8. The topological polar surface area (TPSA) is 77.6 Å². The van der Waals surface area contributed by atoms with E-state index in [1.807, 2.05) is 45.9 Å². The Morgan fingerprint density at radius 3 is 2.82 bits per heavy atom. The predicted molar refractivity (Wildman–Crippen MR) is 105 cm³/mol. The van der Waals surface area contributed by atoms with Crippen molar-refractivity contribution >= 4 is 11.7 Å². The first kappa shape index (κ1) is 16.4. The van der Waals surface area contributed by atoms with Crippen LogP contribution in [0.25, 0.3) is 17.1 Å². The number of aromatic nitrogens is 5. The lowest BCUT2D eigenvalue weighted by Crippen LogP contribution is -2.15. The van der Waals surface area contributed by atoms with Crippen molar-refractivity contribution in [2.75, 3.05) is 5.32 Å². The van der Waals surface area contributed by atoms with E-state index in [4.69, 9.17) is 0 Å². The van der Waals surface area contributed by atoms with Crippen LogP contribution < -0.4 is 5.32 Å². The number of nitrogens with one attached hydrogen (secondary N) is 1. The Balaban J connectivity index is 1.55. The molecule has 28 heavy (non-hydrogen) atoms. The number of anilines is 1. The monoisotopic (exact) mass is 370 g/mol. The van der Waals surface area contributed by atoms with Gasteiger partial charge < -0.3 is 5.32 Å². The van der Waals surface area contributed by atoms with E-state index < -0.39 is 0 Å². The van der Waals surface area contributed by atoms with Crippen LogP contribution in [0.1, 0.15) is 21.6 Å². The summed E-state index contributed by atoms with van der Waals surface area (Å²) in [6, 6.07) is 15.3. The fraction of sp³-hybridized carbons (Fsp3) is 0.143.